The summed E-state index contributed by atoms with van der Waals surface area (Å²) in [5.41, 5.74) is 3.20. The summed E-state index contributed by atoms with van der Waals surface area (Å²) in [5, 5.41) is 7.88. The van der Waals surface area contributed by atoms with Gasteiger partial charge in [-0.2, -0.15) is 0 Å². The molecule has 0 atom stereocenters. The summed E-state index contributed by atoms with van der Waals surface area (Å²) < 4.78 is 5.46. The normalized spacial score (nSPS) is 10.7. The lowest BCUT2D eigenvalue weighted by Gasteiger charge is -2.18. The zero-order chi connectivity index (χ0) is 17.8. The summed E-state index contributed by atoms with van der Waals surface area (Å²) in [6.45, 7) is 7.10. The van der Waals surface area contributed by atoms with Crippen LogP contribution < -0.4 is 0 Å². The molecule has 1 amide bonds. The van der Waals surface area contributed by atoms with Gasteiger partial charge < -0.3 is 9.32 Å². The number of pyridine rings is 1. The van der Waals surface area contributed by atoms with Gasteiger partial charge in [0.15, 0.2) is 0 Å². The van der Waals surface area contributed by atoms with Crippen molar-refractivity contribution in [3.63, 3.8) is 0 Å². The number of aryl methyl sites for hydroxylation is 1. The first-order valence-electron chi connectivity index (χ1n) is 8.28. The van der Waals surface area contributed by atoms with Gasteiger partial charge in [-0.15, -0.1) is 10.2 Å². The molecule has 0 bridgehead atoms. The van der Waals surface area contributed by atoms with E-state index in [-0.39, 0.29) is 5.91 Å². The van der Waals surface area contributed by atoms with Crippen LogP contribution in [0, 0.1) is 6.92 Å². The van der Waals surface area contributed by atoms with Crippen LogP contribution in [-0.4, -0.2) is 39.1 Å². The average Bonchev–Trinajstić information content (AvgIpc) is 3.09. The monoisotopic (exact) mass is 336 g/mol. The van der Waals surface area contributed by atoms with Crippen LogP contribution in [0.25, 0.3) is 22.7 Å². The summed E-state index contributed by atoms with van der Waals surface area (Å²) >= 11 is 0. The molecule has 6 heteroatoms. The molecule has 0 aliphatic rings. The summed E-state index contributed by atoms with van der Waals surface area (Å²) in [7, 11) is 0. The van der Waals surface area contributed by atoms with Gasteiger partial charge in [0, 0.05) is 42.9 Å². The largest absolute Gasteiger partial charge is 0.421 e. The molecule has 0 spiro atoms. The van der Waals surface area contributed by atoms with Crippen molar-refractivity contribution in [3.8, 4) is 22.7 Å². The molecule has 128 valence electrons. The quantitative estimate of drug-likeness (QED) is 0.712. The molecule has 0 radical (unpaired) electrons. The Balaban J connectivity index is 1.86. The Bertz CT molecular complexity index is 867. The molecule has 2 heterocycles. The van der Waals surface area contributed by atoms with E-state index in [0.29, 0.717) is 30.4 Å². The lowest BCUT2D eigenvalue weighted by molar-refractivity contribution is 0.0773. The summed E-state index contributed by atoms with van der Waals surface area (Å²) in [6.07, 6.45) is 1.71. The maximum Gasteiger partial charge on any atom is 0.253 e. The molecule has 1 aromatic carbocycles. The van der Waals surface area contributed by atoms with Crippen molar-refractivity contribution < 1.29 is 9.21 Å². The molecule has 6 nitrogen and oxygen atoms in total. The Morgan fingerprint density at radius 2 is 1.76 bits per heavy atom. The molecule has 0 unspecified atom stereocenters. The van der Waals surface area contributed by atoms with Gasteiger partial charge in [0.2, 0.25) is 11.8 Å². The fraction of sp³-hybridized carbons (Fsp3) is 0.263. The number of hydrogen-bond donors (Lipinski definition) is 0. The van der Waals surface area contributed by atoms with Crippen molar-refractivity contribution in [2.24, 2.45) is 0 Å². The highest BCUT2D eigenvalue weighted by atomic mass is 16.4. The van der Waals surface area contributed by atoms with Crippen LogP contribution in [0.3, 0.4) is 0 Å². The van der Waals surface area contributed by atoms with Gasteiger partial charge in [0.1, 0.15) is 0 Å². The van der Waals surface area contributed by atoms with Crippen LogP contribution in [0.15, 0.2) is 47.0 Å². The first-order chi connectivity index (χ1) is 12.1. The van der Waals surface area contributed by atoms with Crippen molar-refractivity contribution >= 4 is 5.91 Å². The van der Waals surface area contributed by atoms with Crippen molar-refractivity contribution in [1.29, 1.82) is 0 Å². The van der Waals surface area contributed by atoms with Gasteiger partial charge in [-0.25, -0.2) is 0 Å². The number of benzene rings is 1. The standard InChI is InChI=1S/C19H20N4O2/c1-4-23(5-2)19(24)15-8-6-14(7-9-15)17-12-16(10-11-20-17)18-22-21-13(3)25-18/h6-12H,4-5H2,1-3H3. The summed E-state index contributed by atoms with van der Waals surface area (Å²) in [5.74, 6) is 1.03. The van der Waals surface area contributed by atoms with Crippen molar-refractivity contribution in [1.82, 2.24) is 20.1 Å². The van der Waals surface area contributed by atoms with Crippen LogP contribution >= 0.6 is 0 Å². The predicted molar refractivity (Wildman–Crippen MR) is 95.0 cm³/mol. The molecule has 0 saturated carbocycles. The van der Waals surface area contributed by atoms with Gasteiger partial charge in [0.25, 0.3) is 5.91 Å². The molecule has 0 saturated heterocycles. The van der Waals surface area contributed by atoms with Gasteiger partial charge in [-0.05, 0) is 38.1 Å². The maximum atomic E-state index is 12.4. The third-order valence-electron chi connectivity index (χ3n) is 4.01. The smallest absolute Gasteiger partial charge is 0.253 e. The Morgan fingerprint density at radius 3 is 2.36 bits per heavy atom. The Hall–Kier alpha value is -3.02. The molecular formula is C19H20N4O2. The highest BCUT2D eigenvalue weighted by molar-refractivity contribution is 5.94. The Morgan fingerprint density at radius 1 is 1.04 bits per heavy atom. The van der Waals surface area contributed by atoms with Crippen LogP contribution in [-0.2, 0) is 0 Å². The van der Waals surface area contributed by atoms with Gasteiger partial charge in [0.05, 0.1) is 5.69 Å². The fourth-order valence-corrected chi connectivity index (χ4v) is 2.61. The zero-order valence-corrected chi connectivity index (χ0v) is 14.6. The first-order valence-corrected chi connectivity index (χ1v) is 8.28. The third kappa shape index (κ3) is 3.57. The number of aromatic nitrogens is 3. The third-order valence-corrected chi connectivity index (χ3v) is 4.01. The van der Waals surface area contributed by atoms with E-state index in [1.807, 2.05) is 50.2 Å². The van der Waals surface area contributed by atoms with Gasteiger partial charge >= 0.3 is 0 Å². The van der Waals surface area contributed by atoms with E-state index in [1.165, 1.54) is 0 Å². The lowest BCUT2D eigenvalue weighted by Crippen LogP contribution is -2.30. The molecular weight excluding hydrogens is 316 g/mol. The molecule has 3 aromatic rings. The van der Waals surface area contributed by atoms with Crippen LogP contribution in [0.4, 0.5) is 0 Å². The molecule has 25 heavy (non-hydrogen) atoms. The molecule has 3 rings (SSSR count). The van der Waals surface area contributed by atoms with E-state index in [1.54, 1.807) is 18.0 Å². The molecule has 0 fully saturated rings. The summed E-state index contributed by atoms with van der Waals surface area (Å²) in [4.78, 5) is 18.6. The van der Waals surface area contributed by atoms with Crippen molar-refractivity contribution in [3.05, 3.63) is 54.0 Å². The zero-order valence-electron chi connectivity index (χ0n) is 14.6. The Labute approximate surface area is 146 Å². The van der Waals surface area contributed by atoms with E-state index >= 15 is 0 Å². The minimum Gasteiger partial charge on any atom is -0.421 e. The van der Waals surface area contributed by atoms with Crippen molar-refractivity contribution in [2.45, 2.75) is 20.8 Å². The van der Waals surface area contributed by atoms with Gasteiger partial charge in [-0.1, -0.05) is 12.1 Å². The van der Waals surface area contributed by atoms with E-state index in [9.17, 15) is 4.79 Å². The fourth-order valence-electron chi connectivity index (χ4n) is 2.61. The van der Waals surface area contributed by atoms with Crippen LogP contribution in [0.1, 0.15) is 30.1 Å². The lowest BCUT2D eigenvalue weighted by atomic mass is 10.1. The maximum absolute atomic E-state index is 12.4. The second-order valence-electron chi connectivity index (χ2n) is 5.61. The number of nitrogens with zero attached hydrogens (tertiary/aromatic N) is 4. The Kier molecular flexibility index (Phi) is 4.88. The topological polar surface area (TPSA) is 72.1 Å². The van der Waals surface area contributed by atoms with E-state index in [4.69, 9.17) is 4.42 Å². The highest BCUT2D eigenvalue weighted by Crippen LogP contribution is 2.24. The van der Waals surface area contributed by atoms with Crippen molar-refractivity contribution in [2.75, 3.05) is 13.1 Å². The molecule has 0 aliphatic carbocycles. The van der Waals surface area contributed by atoms with Crippen LogP contribution in [0.5, 0.6) is 0 Å². The van der Waals surface area contributed by atoms with Gasteiger partial charge in [-0.3, -0.25) is 9.78 Å². The second-order valence-corrected chi connectivity index (χ2v) is 5.61. The number of hydrogen-bond acceptors (Lipinski definition) is 5. The van der Waals surface area contributed by atoms with Crippen LogP contribution in [0.2, 0.25) is 0 Å². The number of rotatable bonds is 5. The number of carbonyl (C=O) groups excluding carboxylic acids is 1. The SMILES string of the molecule is CCN(CC)C(=O)c1ccc(-c2cc(-c3nnc(C)o3)ccn2)cc1. The van der Waals surface area contributed by atoms with E-state index in [0.717, 1.165) is 16.8 Å². The number of carbonyl (C=O) groups is 1. The minimum absolute atomic E-state index is 0.0413. The number of amides is 1. The predicted octanol–water partition coefficient (Wildman–Crippen LogP) is 3.59. The molecule has 0 aliphatic heterocycles. The first kappa shape index (κ1) is 16.8. The van der Waals surface area contributed by atoms with E-state index in [2.05, 4.69) is 15.2 Å². The second kappa shape index (κ2) is 7.25. The van der Waals surface area contributed by atoms with E-state index < -0.39 is 0 Å². The minimum atomic E-state index is 0.0413. The summed E-state index contributed by atoms with van der Waals surface area (Å²) in [6, 6.07) is 11.2. The molecule has 2 aromatic heterocycles. The highest BCUT2D eigenvalue weighted by Gasteiger charge is 2.13. The average molecular weight is 336 g/mol. The molecule has 0 N–H and O–H groups in total.